The van der Waals surface area contributed by atoms with E-state index in [-0.39, 0.29) is 17.6 Å². The first-order chi connectivity index (χ1) is 12.1. The number of benzene rings is 1. The molecule has 6 nitrogen and oxygen atoms in total. The standard InChI is InChI=1S/C19H20N2O4/c1-24-15-8-5-13(6-9-15)17(12-3-4-12)21-18(22)16-10-7-14(11-20-16)19(23)25-2/h5-12,17H,3-4H2,1-2H3,(H,21,22). The maximum atomic E-state index is 12.5. The van der Waals surface area contributed by atoms with Crippen LogP contribution in [0.2, 0.25) is 0 Å². The number of hydrogen-bond acceptors (Lipinski definition) is 5. The van der Waals surface area contributed by atoms with Crippen LogP contribution in [-0.2, 0) is 4.74 Å². The number of carbonyl (C=O) groups excluding carboxylic acids is 2. The van der Waals surface area contributed by atoms with Gasteiger partial charge in [0.1, 0.15) is 11.4 Å². The number of ether oxygens (including phenoxy) is 2. The molecule has 1 amide bonds. The van der Waals surface area contributed by atoms with Crippen LogP contribution in [0.3, 0.4) is 0 Å². The maximum Gasteiger partial charge on any atom is 0.339 e. The minimum absolute atomic E-state index is 0.0551. The molecular weight excluding hydrogens is 320 g/mol. The molecule has 0 aliphatic heterocycles. The van der Waals surface area contributed by atoms with E-state index in [9.17, 15) is 9.59 Å². The van der Waals surface area contributed by atoms with Crippen molar-refractivity contribution in [1.29, 1.82) is 0 Å². The van der Waals surface area contributed by atoms with E-state index in [1.165, 1.54) is 25.4 Å². The SMILES string of the molecule is COC(=O)c1ccc(C(=O)NC(c2ccc(OC)cc2)C2CC2)nc1. The lowest BCUT2D eigenvalue weighted by Crippen LogP contribution is -2.30. The van der Waals surface area contributed by atoms with Crippen molar-refractivity contribution in [3.8, 4) is 5.75 Å². The molecule has 1 aromatic heterocycles. The van der Waals surface area contributed by atoms with Crippen LogP contribution in [-0.4, -0.2) is 31.1 Å². The number of hydrogen-bond donors (Lipinski definition) is 1. The molecule has 1 saturated carbocycles. The van der Waals surface area contributed by atoms with E-state index in [0.717, 1.165) is 24.2 Å². The molecule has 0 saturated heterocycles. The number of esters is 1. The van der Waals surface area contributed by atoms with Gasteiger partial charge in [-0.3, -0.25) is 9.78 Å². The van der Waals surface area contributed by atoms with E-state index in [1.807, 2.05) is 24.3 Å². The van der Waals surface area contributed by atoms with Crippen molar-refractivity contribution >= 4 is 11.9 Å². The van der Waals surface area contributed by atoms with E-state index in [2.05, 4.69) is 15.0 Å². The Labute approximate surface area is 146 Å². The largest absolute Gasteiger partial charge is 0.497 e. The van der Waals surface area contributed by atoms with Gasteiger partial charge in [0.15, 0.2) is 0 Å². The molecule has 1 fully saturated rings. The highest BCUT2D eigenvalue weighted by molar-refractivity contribution is 5.94. The van der Waals surface area contributed by atoms with Gasteiger partial charge >= 0.3 is 5.97 Å². The topological polar surface area (TPSA) is 77.5 Å². The number of pyridine rings is 1. The highest BCUT2D eigenvalue weighted by Gasteiger charge is 2.33. The zero-order valence-electron chi connectivity index (χ0n) is 14.2. The number of aromatic nitrogens is 1. The Hall–Kier alpha value is -2.89. The van der Waals surface area contributed by atoms with Crippen molar-refractivity contribution < 1.29 is 19.1 Å². The van der Waals surface area contributed by atoms with Crippen LogP contribution >= 0.6 is 0 Å². The van der Waals surface area contributed by atoms with Crippen LogP contribution in [0.15, 0.2) is 42.6 Å². The molecule has 1 aromatic carbocycles. The van der Waals surface area contributed by atoms with Gasteiger partial charge in [0.2, 0.25) is 0 Å². The summed E-state index contributed by atoms with van der Waals surface area (Å²) >= 11 is 0. The molecule has 0 bridgehead atoms. The molecular formula is C19H20N2O4. The second kappa shape index (κ2) is 7.34. The molecule has 0 radical (unpaired) electrons. The van der Waals surface area contributed by atoms with Crippen LogP contribution in [0.4, 0.5) is 0 Å². The van der Waals surface area contributed by atoms with Gasteiger partial charge in [-0.25, -0.2) is 4.79 Å². The van der Waals surface area contributed by atoms with Crippen LogP contribution in [0, 0.1) is 5.92 Å². The minimum Gasteiger partial charge on any atom is -0.497 e. The first-order valence-corrected chi connectivity index (χ1v) is 8.11. The lowest BCUT2D eigenvalue weighted by atomic mass is 10.0. The third kappa shape index (κ3) is 3.96. The molecule has 6 heteroatoms. The number of rotatable bonds is 6. The summed E-state index contributed by atoms with van der Waals surface area (Å²) in [6.07, 6.45) is 3.53. The van der Waals surface area contributed by atoms with E-state index in [0.29, 0.717) is 11.5 Å². The molecule has 1 heterocycles. The highest BCUT2D eigenvalue weighted by atomic mass is 16.5. The Morgan fingerprint density at radius 1 is 1.12 bits per heavy atom. The quantitative estimate of drug-likeness (QED) is 0.818. The van der Waals surface area contributed by atoms with Crippen LogP contribution in [0.5, 0.6) is 5.75 Å². The molecule has 1 unspecified atom stereocenters. The van der Waals surface area contributed by atoms with Crippen molar-refractivity contribution in [2.24, 2.45) is 5.92 Å². The molecule has 3 rings (SSSR count). The zero-order valence-corrected chi connectivity index (χ0v) is 14.2. The van der Waals surface area contributed by atoms with Crippen LogP contribution in [0.25, 0.3) is 0 Å². The van der Waals surface area contributed by atoms with Crippen LogP contribution in [0.1, 0.15) is 45.3 Å². The van der Waals surface area contributed by atoms with E-state index >= 15 is 0 Å². The molecule has 1 aliphatic carbocycles. The first-order valence-electron chi connectivity index (χ1n) is 8.11. The first kappa shape index (κ1) is 17.0. The van der Waals surface area contributed by atoms with Gasteiger partial charge in [0.05, 0.1) is 25.8 Å². The van der Waals surface area contributed by atoms with Crippen LogP contribution < -0.4 is 10.1 Å². The Kier molecular flexibility index (Phi) is 4.97. The second-order valence-corrected chi connectivity index (χ2v) is 5.99. The predicted octanol–water partition coefficient (Wildman–Crippen LogP) is 2.76. The molecule has 2 aromatic rings. The van der Waals surface area contributed by atoms with Gasteiger partial charge in [0, 0.05) is 6.20 Å². The summed E-state index contributed by atoms with van der Waals surface area (Å²) in [7, 11) is 2.93. The summed E-state index contributed by atoms with van der Waals surface area (Å²) in [5.74, 6) is 0.481. The van der Waals surface area contributed by atoms with Crippen molar-refractivity contribution in [2.75, 3.05) is 14.2 Å². The number of methoxy groups -OCH3 is 2. The molecule has 1 aliphatic rings. The van der Waals surface area contributed by atoms with Gasteiger partial charge in [-0.1, -0.05) is 12.1 Å². The summed E-state index contributed by atoms with van der Waals surface area (Å²) in [6.45, 7) is 0. The highest BCUT2D eigenvalue weighted by Crippen LogP contribution is 2.41. The number of nitrogens with zero attached hydrogens (tertiary/aromatic N) is 1. The summed E-state index contributed by atoms with van der Waals surface area (Å²) in [4.78, 5) is 28.0. The lowest BCUT2D eigenvalue weighted by molar-refractivity contribution is 0.0599. The van der Waals surface area contributed by atoms with Gasteiger partial charge < -0.3 is 14.8 Å². The van der Waals surface area contributed by atoms with Gasteiger partial charge in [-0.05, 0) is 48.6 Å². The number of carbonyl (C=O) groups is 2. The molecule has 0 spiro atoms. The van der Waals surface area contributed by atoms with Gasteiger partial charge in [0.25, 0.3) is 5.91 Å². The molecule has 1 N–H and O–H groups in total. The third-order valence-electron chi connectivity index (χ3n) is 4.27. The van der Waals surface area contributed by atoms with Gasteiger partial charge in [-0.15, -0.1) is 0 Å². The summed E-state index contributed by atoms with van der Waals surface area (Å²) in [6, 6.07) is 10.7. The molecule has 1 atom stereocenters. The number of nitrogens with one attached hydrogen (secondary N) is 1. The molecule has 25 heavy (non-hydrogen) atoms. The minimum atomic E-state index is -0.478. The van der Waals surface area contributed by atoms with E-state index in [1.54, 1.807) is 7.11 Å². The average Bonchev–Trinajstić information content (AvgIpc) is 3.50. The van der Waals surface area contributed by atoms with E-state index < -0.39 is 5.97 Å². The van der Waals surface area contributed by atoms with Gasteiger partial charge in [-0.2, -0.15) is 0 Å². The summed E-state index contributed by atoms with van der Waals surface area (Å²) in [5.41, 5.74) is 1.63. The van der Waals surface area contributed by atoms with Crippen molar-refractivity contribution in [3.05, 3.63) is 59.4 Å². The Morgan fingerprint density at radius 2 is 1.84 bits per heavy atom. The Bertz CT molecular complexity index is 752. The molecule has 130 valence electrons. The normalized spacial score (nSPS) is 14.5. The van der Waals surface area contributed by atoms with Crippen molar-refractivity contribution in [3.63, 3.8) is 0 Å². The fourth-order valence-electron chi connectivity index (χ4n) is 2.70. The fraction of sp³-hybridized carbons (Fsp3) is 0.316. The van der Waals surface area contributed by atoms with E-state index in [4.69, 9.17) is 4.74 Å². The second-order valence-electron chi connectivity index (χ2n) is 5.99. The average molecular weight is 340 g/mol. The Morgan fingerprint density at radius 3 is 2.36 bits per heavy atom. The maximum absolute atomic E-state index is 12.5. The number of amides is 1. The predicted molar refractivity (Wildman–Crippen MR) is 91.5 cm³/mol. The van der Waals surface area contributed by atoms with Crippen molar-refractivity contribution in [2.45, 2.75) is 18.9 Å². The lowest BCUT2D eigenvalue weighted by Gasteiger charge is -2.19. The summed E-state index contributed by atoms with van der Waals surface area (Å²) < 4.78 is 9.81. The monoisotopic (exact) mass is 340 g/mol. The third-order valence-corrected chi connectivity index (χ3v) is 4.27. The fourth-order valence-corrected chi connectivity index (χ4v) is 2.70. The van der Waals surface area contributed by atoms with Crippen molar-refractivity contribution in [1.82, 2.24) is 10.3 Å². The Balaban J connectivity index is 1.73. The zero-order chi connectivity index (χ0) is 17.8. The smallest absolute Gasteiger partial charge is 0.339 e. The summed E-state index contributed by atoms with van der Waals surface area (Å²) in [5, 5.41) is 3.05.